The lowest BCUT2D eigenvalue weighted by atomic mass is 9.95. The van der Waals surface area contributed by atoms with Crippen LogP contribution >= 0.6 is 33.9 Å². The van der Waals surface area contributed by atoms with Crippen LogP contribution in [0.1, 0.15) is 31.0 Å². The first-order valence-electron chi connectivity index (χ1n) is 13.3. The van der Waals surface area contributed by atoms with Crippen LogP contribution < -0.4 is 34.4 Å². The Morgan fingerprint density at radius 2 is 1.91 bits per heavy atom. The van der Waals surface area contributed by atoms with Crippen LogP contribution in [-0.4, -0.2) is 30.8 Å². The highest BCUT2D eigenvalue weighted by Crippen LogP contribution is 2.35. The van der Waals surface area contributed by atoms with Gasteiger partial charge in [-0.1, -0.05) is 41.7 Å². The number of amides is 1. The van der Waals surface area contributed by atoms with E-state index >= 15 is 0 Å². The normalized spacial score (nSPS) is 14.4. The van der Waals surface area contributed by atoms with Crippen LogP contribution in [0.3, 0.4) is 0 Å². The van der Waals surface area contributed by atoms with Crippen molar-refractivity contribution in [2.75, 3.05) is 25.6 Å². The number of carbonyl (C=O) groups is 1. The maximum Gasteiger partial charge on any atom is 0.271 e. The topological polar surface area (TPSA) is 115 Å². The van der Waals surface area contributed by atoms with Gasteiger partial charge in [-0.25, -0.2) is 4.99 Å². The molecule has 5 rings (SSSR count). The van der Waals surface area contributed by atoms with Crippen LogP contribution in [0.25, 0.3) is 6.08 Å². The quantitative estimate of drug-likeness (QED) is 0.251. The Hall–Kier alpha value is -4.41. The Bertz CT molecular complexity index is 1930. The van der Waals surface area contributed by atoms with Crippen molar-refractivity contribution >= 4 is 51.6 Å². The number of hydrogen-bond acceptors (Lipinski definition) is 8. The molecule has 3 aromatic carbocycles. The molecule has 43 heavy (non-hydrogen) atoms. The first-order valence-corrected chi connectivity index (χ1v) is 15.2. The van der Waals surface area contributed by atoms with Crippen molar-refractivity contribution in [3.63, 3.8) is 0 Å². The number of hydrogen-bond donors (Lipinski definition) is 1. The molecule has 11 heteroatoms. The average Bonchev–Trinajstić information content (AvgIpc) is 3.30. The van der Waals surface area contributed by atoms with E-state index in [-0.39, 0.29) is 18.1 Å². The summed E-state index contributed by atoms with van der Waals surface area (Å²) in [7, 11) is 1.52. The first-order chi connectivity index (χ1) is 20.8. The number of ether oxygens (including phenoxy) is 3. The van der Waals surface area contributed by atoms with Crippen LogP contribution in [0.4, 0.5) is 5.69 Å². The van der Waals surface area contributed by atoms with Crippen molar-refractivity contribution in [3.05, 3.63) is 112 Å². The smallest absolute Gasteiger partial charge is 0.271 e. The summed E-state index contributed by atoms with van der Waals surface area (Å²) in [5.74, 6) is 1.26. The monoisotopic (exact) mass is 706 g/mol. The molecule has 1 atom stereocenters. The Balaban J connectivity index is 1.64. The number of benzene rings is 3. The minimum Gasteiger partial charge on any atom is -0.494 e. The van der Waals surface area contributed by atoms with Crippen LogP contribution in [0.15, 0.2) is 87.8 Å². The number of para-hydroxylation sites is 1. The minimum absolute atomic E-state index is 0.116. The zero-order chi connectivity index (χ0) is 30.5. The van der Waals surface area contributed by atoms with E-state index in [0.29, 0.717) is 55.7 Å². The maximum atomic E-state index is 14.1. The molecule has 1 N–H and O–H groups in total. The van der Waals surface area contributed by atoms with Gasteiger partial charge in [-0.3, -0.25) is 14.2 Å². The standard InChI is InChI=1S/C32H27IN4O5S/c1-4-41-23-12-10-21(11-13-23)28-27(30(38)36-22-8-6-5-7-9-22)19(2)35-32-37(28)31(39)26(43-32)18-20-16-24(33)29(42-15-14-34)25(17-20)40-3/h5-13,16-18,28H,4,15H2,1-3H3,(H,36,38)/b26-18-/t28-/m0/s1. The summed E-state index contributed by atoms with van der Waals surface area (Å²) < 4.78 is 19.4. The second kappa shape index (κ2) is 13.3. The molecule has 0 bridgehead atoms. The maximum absolute atomic E-state index is 14.1. The van der Waals surface area contributed by atoms with Crippen molar-refractivity contribution in [1.29, 1.82) is 5.26 Å². The summed E-state index contributed by atoms with van der Waals surface area (Å²) in [5.41, 5.74) is 2.72. The summed E-state index contributed by atoms with van der Waals surface area (Å²) >= 11 is 3.35. The molecule has 0 fully saturated rings. The van der Waals surface area contributed by atoms with Gasteiger partial charge in [0.2, 0.25) is 0 Å². The highest BCUT2D eigenvalue weighted by Gasteiger charge is 2.32. The average molecular weight is 707 g/mol. The summed E-state index contributed by atoms with van der Waals surface area (Å²) in [6, 6.07) is 21.4. The highest BCUT2D eigenvalue weighted by atomic mass is 127. The molecule has 9 nitrogen and oxygen atoms in total. The van der Waals surface area contributed by atoms with E-state index < -0.39 is 6.04 Å². The molecule has 218 valence electrons. The van der Waals surface area contributed by atoms with Crippen molar-refractivity contribution in [2.45, 2.75) is 19.9 Å². The fraction of sp³-hybridized carbons (Fsp3) is 0.188. The van der Waals surface area contributed by atoms with Crippen molar-refractivity contribution in [2.24, 2.45) is 4.99 Å². The number of halogens is 1. The third kappa shape index (κ3) is 6.35. The van der Waals surface area contributed by atoms with E-state index in [1.165, 1.54) is 18.4 Å². The molecule has 0 radical (unpaired) electrons. The van der Waals surface area contributed by atoms with Gasteiger partial charge >= 0.3 is 0 Å². The molecule has 0 spiro atoms. The zero-order valence-electron chi connectivity index (χ0n) is 23.6. The molecule has 0 saturated heterocycles. The summed E-state index contributed by atoms with van der Waals surface area (Å²) in [6.45, 7) is 4.10. The summed E-state index contributed by atoms with van der Waals surface area (Å²) in [5, 5.41) is 11.9. The molecule has 4 aromatic rings. The number of methoxy groups -OCH3 is 1. The zero-order valence-corrected chi connectivity index (χ0v) is 26.6. The number of rotatable bonds is 9. The van der Waals surface area contributed by atoms with E-state index in [1.54, 1.807) is 35.8 Å². The van der Waals surface area contributed by atoms with Crippen molar-refractivity contribution in [1.82, 2.24) is 4.57 Å². The predicted octanol–water partition coefficient (Wildman–Crippen LogP) is 4.79. The minimum atomic E-state index is -0.714. The predicted molar refractivity (Wildman–Crippen MR) is 173 cm³/mol. The van der Waals surface area contributed by atoms with Crippen LogP contribution in [-0.2, 0) is 4.79 Å². The first kappa shape index (κ1) is 30.1. The van der Waals surface area contributed by atoms with Gasteiger partial charge in [0, 0.05) is 5.69 Å². The fourth-order valence-corrected chi connectivity index (χ4v) is 6.61. The molecule has 1 amide bonds. The van der Waals surface area contributed by atoms with Crippen molar-refractivity contribution in [3.8, 4) is 23.3 Å². The van der Waals surface area contributed by atoms with Crippen molar-refractivity contribution < 1.29 is 19.0 Å². The van der Waals surface area contributed by atoms with E-state index in [4.69, 9.17) is 24.5 Å². The van der Waals surface area contributed by atoms with Crippen LogP contribution in [0.2, 0.25) is 0 Å². The number of fused-ring (bicyclic) bond motifs is 1. The second-order valence-electron chi connectivity index (χ2n) is 9.38. The third-order valence-corrected chi connectivity index (χ3v) is 8.42. The molecule has 1 aliphatic rings. The molecule has 0 saturated carbocycles. The number of nitrogens with one attached hydrogen (secondary N) is 1. The number of anilines is 1. The van der Waals surface area contributed by atoms with Gasteiger partial charge in [0.25, 0.3) is 11.5 Å². The van der Waals surface area contributed by atoms with Gasteiger partial charge in [-0.15, -0.1) is 0 Å². The van der Waals surface area contributed by atoms with Crippen LogP contribution in [0, 0.1) is 14.9 Å². The Labute approximate surface area is 265 Å². The number of allylic oxidation sites excluding steroid dienone is 1. The lowest BCUT2D eigenvalue weighted by molar-refractivity contribution is -0.113. The molecule has 0 unspecified atom stereocenters. The highest BCUT2D eigenvalue weighted by molar-refractivity contribution is 14.1. The second-order valence-corrected chi connectivity index (χ2v) is 11.6. The molecule has 1 aliphatic heterocycles. The number of thiazole rings is 1. The number of nitriles is 1. The van der Waals surface area contributed by atoms with Gasteiger partial charge in [-0.05, 0) is 90.0 Å². The van der Waals surface area contributed by atoms with E-state index in [0.717, 1.165) is 9.13 Å². The third-order valence-electron chi connectivity index (χ3n) is 6.64. The molecule has 1 aromatic heterocycles. The largest absolute Gasteiger partial charge is 0.494 e. The SMILES string of the molecule is CCOc1ccc([C@H]2C(C(=O)Nc3ccccc3)=C(C)N=c3s/c(=C\c4cc(I)c(OCC#N)c(OC)c4)c(=O)n32)cc1. The molecular weight excluding hydrogens is 679 g/mol. The summed E-state index contributed by atoms with van der Waals surface area (Å²) in [6.07, 6.45) is 1.76. The van der Waals surface area contributed by atoms with Gasteiger partial charge in [0.15, 0.2) is 22.9 Å². The summed E-state index contributed by atoms with van der Waals surface area (Å²) in [4.78, 5) is 33.0. The fourth-order valence-electron chi connectivity index (χ4n) is 4.78. The molecular formula is C32H27IN4O5S. The Morgan fingerprint density at radius 1 is 1.16 bits per heavy atom. The van der Waals surface area contributed by atoms with E-state index in [9.17, 15) is 9.59 Å². The lowest BCUT2D eigenvalue weighted by Crippen LogP contribution is -2.40. The number of nitrogens with zero attached hydrogens (tertiary/aromatic N) is 3. The van der Waals surface area contributed by atoms with Gasteiger partial charge < -0.3 is 19.5 Å². The Morgan fingerprint density at radius 3 is 2.58 bits per heavy atom. The van der Waals surface area contributed by atoms with E-state index in [2.05, 4.69) is 27.9 Å². The van der Waals surface area contributed by atoms with Gasteiger partial charge in [0.05, 0.1) is 39.1 Å². The molecule has 0 aliphatic carbocycles. The number of aromatic nitrogens is 1. The lowest BCUT2D eigenvalue weighted by Gasteiger charge is -2.25. The van der Waals surface area contributed by atoms with E-state index in [1.807, 2.05) is 61.5 Å². The van der Waals surface area contributed by atoms with Gasteiger partial charge in [-0.2, -0.15) is 5.26 Å². The van der Waals surface area contributed by atoms with Crippen LogP contribution in [0.5, 0.6) is 17.2 Å². The number of carbonyl (C=O) groups excluding carboxylic acids is 1. The Kier molecular flexibility index (Phi) is 9.27. The van der Waals surface area contributed by atoms with Gasteiger partial charge in [0.1, 0.15) is 11.8 Å². The molecule has 2 heterocycles.